The van der Waals surface area contributed by atoms with Crippen LogP contribution in [0, 0.1) is 0 Å². The second-order valence-electron chi connectivity index (χ2n) is 5.52. The van der Waals surface area contributed by atoms with Crippen molar-refractivity contribution >= 4 is 11.8 Å². The van der Waals surface area contributed by atoms with E-state index in [1.54, 1.807) is 6.20 Å². The molecule has 0 fully saturated rings. The van der Waals surface area contributed by atoms with Crippen LogP contribution in [0.4, 0.5) is 0 Å². The molecule has 0 saturated heterocycles. The summed E-state index contributed by atoms with van der Waals surface area (Å²) < 4.78 is 0. The molecule has 0 radical (unpaired) electrons. The van der Waals surface area contributed by atoms with E-state index in [-0.39, 0.29) is 24.7 Å². The first kappa shape index (κ1) is 20.6. The average Bonchev–Trinajstić information content (AvgIpc) is 2.53. The van der Waals surface area contributed by atoms with Crippen LogP contribution in [0.15, 0.2) is 12.3 Å². The van der Waals surface area contributed by atoms with Gasteiger partial charge in [-0.3, -0.25) is 20.0 Å². The number of hydrazine groups is 2. The van der Waals surface area contributed by atoms with Crippen molar-refractivity contribution in [3.05, 3.63) is 12.3 Å². The van der Waals surface area contributed by atoms with Crippen LogP contribution in [0.25, 0.3) is 0 Å². The summed E-state index contributed by atoms with van der Waals surface area (Å²) in [6.45, 7) is 2.23. The van der Waals surface area contributed by atoms with Crippen LogP contribution in [-0.4, -0.2) is 16.8 Å². The molecule has 0 aliphatic heterocycles. The van der Waals surface area contributed by atoms with Crippen molar-refractivity contribution in [3.8, 4) is 0 Å². The number of nitrogens with one attached hydrogen (secondary N) is 1. The summed E-state index contributed by atoms with van der Waals surface area (Å²) in [5.74, 6) is 9.86. The third-order valence-corrected chi connectivity index (χ3v) is 3.51. The number of nitrogens with two attached hydrogens (primary N) is 2. The summed E-state index contributed by atoms with van der Waals surface area (Å²) in [6, 6.07) is 0. The number of nitrogens with zero attached hydrogens (tertiary/aromatic N) is 1. The average molecular weight is 312 g/mol. The first-order chi connectivity index (χ1) is 10.6. The molecule has 0 unspecified atom stereocenters. The Hall–Kier alpha value is -1.40. The minimum absolute atomic E-state index is 0.0505. The number of amides is 2. The van der Waals surface area contributed by atoms with Crippen molar-refractivity contribution < 1.29 is 9.59 Å². The molecule has 0 rings (SSSR count). The van der Waals surface area contributed by atoms with Gasteiger partial charge in [0.15, 0.2) is 0 Å². The van der Waals surface area contributed by atoms with Gasteiger partial charge in [-0.05, 0) is 12.8 Å². The SMILES string of the molecule is CCCCCCCCCCC=CN(N)C(=O)CCC(=O)NN. The molecule has 5 N–H and O–H groups in total. The van der Waals surface area contributed by atoms with Gasteiger partial charge < -0.3 is 0 Å². The summed E-state index contributed by atoms with van der Waals surface area (Å²) in [5.41, 5.74) is 1.98. The normalized spacial score (nSPS) is 10.9. The van der Waals surface area contributed by atoms with Gasteiger partial charge in [0.25, 0.3) is 0 Å². The minimum atomic E-state index is -0.371. The molecule has 0 aliphatic rings. The van der Waals surface area contributed by atoms with Gasteiger partial charge in [-0.25, -0.2) is 11.7 Å². The molecule has 0 aliphatic carbocycles. The van der Waals surface area contributed by atoms with Crippen LogP contribution < -0.4 is 17.1 Å². The Morgan fingerprint density at radius 1 is 1.00 bits per heavy atom. The molecular formula is C16H32N4O2. The van der Waals surface area contributed by atoms with Crippen molar-refractivity contribution in [1.82, 2.24) is 10.4 Å². The van der Waals surface area contributed by atoms with Crippen LogP contribution in [0.5, 0.6) is 0 Å². The second-order valence-corrected chi connectivity index (χ2v) is 5.52. The number of hydrogen-bond donors (Lipinski definition) is 3. The lowest BCUT2D eigenvalue weighted by Crippen LogP contribution is -2.35. The zero-order chi connectivity index (χ0) is 16.6. The quantitative estimate of drug-likeness (QED) is 0.210. The first-order valence-corrected chi connectivity index (χ1v) is 8.34. The van der Waals surface area contributed by atoms with E-state index in [1.165, 1.54) is 44.9 Å². The molecule has 0 bridgehead atoms. The first-order valence-electron chi connectivity index (χ1n) is 8.34. The Bertz CT molecular complexity index is 332. The number of carbonyl (C=O) groups is 2. The van der Waals surface area contributed by atoms with Crippen LogP contribution in [0.2, 0.25) is 0 Å². The van der Waals surface area contributed by atoms with Crippen molar-refractivity contribution in [2.24, 2.45) is 11.7 Å². The summed E-state index contributed by atoms with van der Waals surface area (Å²) in [6.07, 6.45) is 14.7. The monoisotopic (exact) mass is 312 g/mol. The zero-order valence-corrected chi connectivity index (χ0v) is 13.9. The Morgan fingerprint density at radius 3 is 2.18 bits per heavy atom. The molecule has 22 heavy (non-hydrogen) atoms. The highest BCUT2D eigenvalue weighted by atomic mass is 16.2. The van der Waals surface area contributed by atoms with E-state index < -0.39 is 0 Å². The molecule has 0 atom stereocenters. The fourth-order valence-electron chi connectivity index (χ4n) is 2.09. The Balaban J connectivity index is 3.54. The smallest absolute Gasteiger partial charge is 0.241 e. The third kappa shape index (κ3) is 12.3. The molecule has 0 saturated carbocycles. The van der Waals surface area contributed by atoms with E-state index >= 15 is 0 Å². The minimum Gasteiger partial charge on any atom is -0.294 e. The van der Waals surface area contributed by atoms with Gasteiger partial charge in [-0.1, -0.05) is 57.9 Å². The lowest BCUT2D eigenvalue weighted by Gasteiger charge is -2.10. The Kier molecular flexibility index (Phi) is 13.6. The Morgan fingerprint density at radius 2 is 1.59 bits per heavy atom. The lowest BCUT2D eigenvalue weighted by atomic mass is 10.1. The molecule has 6 heteroatoms. The molecule has 128 valence electrons. The highest BCUT2D eigenvalue weighted by Gasteiger charge is 2.08. The Labute approximate surface area is 134 Å². The fourth-order valence-corrected chi connectivity index (χ4v) is 2.09. The largest absolute Gasteiger partial charge is 0.294 e. The van der Waals surface area contributed by atoms with Crippen molar-refractivity contribution in [3.63, 3.8) is 0 Å². The number of carbonyl (C=O) groups excluding carboxylic acids is 2. The standard InChI is InChI=1S/C16H32N4O2/c1-2-3-4-5-6-7-8-9-10-11-14-20(18)16(22)13-12-15(21)19-17/h11,14H,2-10,12-13,17-18H2,1H3,(H,19,21). The lowest BCUT2D eigenvalue weighted by molar-refractivity contribution is -0.131. The van der Waals surface area contributed by atoms with Crippen molar-refractivity contribution in [2.75, 3.05) is 0 Å². The molecule has 0 heterocycles. The van der Waals surface area contributed by atoms with Gasteiger partial charge in [-0.15, -0.1) is 0 Å². The number of allylic oxidation sites excluding steroid dienone is 1. The highest BCUT2D eigenvalue weighted by molar-refractivity contribution is 5.83. The van der Waals surface area contributed by atoms with Gasteiger partial charge in [0, 0.05) is 19.0 Å². The van der Waals surface area contributed by atoms with Gasteiger partial charge in [0.2, 0.25) is 11.8 Å². The summed E-state index contributed by atoms with van der Waals surface area (Å²) >= 11 is 0. The molecule has 0 aromatic rings. The zero-order valence-electron chi connectivity index (χ0n) is 13.9. The van der Waals surface area contributed by atoms with Crippen LogP contribution in [-0.2, 0) is 9.59 Å². The maximum atomic E-state index is 11.6. The van der Waals surface area contributed by atoms with E-state index in [0.717, 1.165) is 17.9 Å². The van der Waals surface area contributed by atoms with Crippen LogP contribution in [0.3, 0.4) is 0 Å². The topological polar surface area (TPSA) is 101 Å². The van der Waals surface area contributed by atoms with Crippen molar-refractivity contribution in [2.45, 2.75) is 77.6 Å². The van der Waals surface area contributed by atoms with E-state index in [2.05, 4.69) is 6.92 Å². The van der Waals surface area contributed by atoms with Gasteiger partial charge in [-0.2, -0.15) is 0 Å². The van der Waals surface area contributed by atoms with E-state index in [1.807, 2.05) is 11.5 Å². The fraction of sp³-hybridized carbons (Fsp3) is 0.750. The van der Waals surface area contributed by atoms with Gasteiger partial charge >= 0.3 is 0 Å². The van der Waals surface area contributed by atoms with Crippen molar-refractivity contribution in [1.29, 1.82) is 0 Å². The van der Waals surface area contributed by atoms with E-state index in [0.29, 0.717) is 0 Å². The van der Waals surface area contributed by atoms with Gasteiger partial charge in [0.1, 0.15) is 0 Å². The number of rotatable bonds is 13. The summed E-state index contributed by atoms with van der Waals surface area (Å²) in [7, 11) is 0. The van der Waals surface area contributed by atoms with Gasteiger partial charge in [0.05, 0.1) is 0 Å². The number of unbranched alkanes of at least 4 members (excludes halogenated alkanes) is 8. The van der Waals surface area contributed by atoms with E-state index in [9.17, 15) is 9.59 Å². The predicted octanol–water partition coefficient (Wildman–Crippen LogP) is 2.50. The maximum absolute atomic E-state index is 11.6. The molecule has 0 aromatic heterocycles. The molecule has 0 spiro atoms. The number of hydrogen-bond acceptors (Lipinski definition) is 4. The molecule has 6 nitrogen and oxygen atoms in total. The molecular weight excluding hydrogens is 280 g/mol. The molecule has 2 amide bonds. The molecule has 0 aromatic carbocycles. The van der Waals surface area contributed by atoms with E-state index in [4.69, 9.17) is 11.7 Å². The second kappa shape index (κ2) is 14.5. The summed E-state index contributed by atoms with van der Waals surface area (Å²) in [5, 5.41) is 1.04. The summed E-state index contributed by atoms with van der Waals surface area (Å²) in [4.78, 5) is 22.5. The van der Waals surface area contributed by atoms with Crippen LogP contribution in [0.1, 0.15) is 77.6 Å². The highest BCUT2D eigenvalue weighted by Crippen LogP contribution is 2.09. The third-order valence-electron chi connectivity index (χ3n) is 3.51. The van der Waals surface area contributed by atoms with Crippen LogP contribution >= 0.6 is 0 Å². The maximum Gasteiger partial charge on any atom is 0.241 e. The predicted molar refractivity (Wildman–Crippen MR) is 89.0 cm³/mol.